The Hall–Kier alpha value is -3.94. The lowest BCUT2D eigenvalue weighted by Crippen LogP contribution is -2.36. The maximum atomic E-state index is 12.8. The third-order valence-electron chi connectivity index (χ3n) is 6.36. The van der Waals surface area contributed by atoms with Crippen molar-refractivity contribution in [2.45, 2.75) is 25.8 Å². The van der Waals surface area contributed by atoms with Crippen LogP contribution >= 0.6 is 0 Å². The van der Waals surface area contributed by atoms with E-state index >= 15 is 0 Å². The van der Waals surface area contributed by atoms with E-state index in [1.54, 1.807) is 26.5 Å². The number of primary amides is 1. The third kappa shape index (κ3) is 3.15. The molecule has 0 spiro atoms. The van der Waals surface area contributed by atoms with E-state index in [0.717, 1.165) is 5.56 Å². The number of rotatable bonds is 5. The Balaban J connectivity index is 1.48. The van der Waals surface area contributed by atoms with Crippen LogP contribution in [0, 0.1) is 22.7 Å². The zero-order chi connectivity index (χ0) is 22.6. The van der Waals surface area contributed by atoms with Gasteiger partial charge in [-0.05, 0) is 18.8 Å². The minimum absolute atomic E-state index is 0.106. The summed E-state index contributed by atoms with van der Waals surface area (Å²) in [5.41, 5.74) is 7.44. The minimum Gasteiger partial charge on any atom is -0.376 e. The predicted molar refractivity (Wildman–Crippen MR) is 114 cm³/mol. The lowest BCUT2D eigenvalue weighted by atomic mass is 10.1. The summed E-state index contributed by atoms with van der Waals surface area (Å²) >= 11 is 0. The standard InChI is InChI=1S/C21H23N9O2/c1-12-7-29(20(32)21(11-22)3-4-21)9-15(12)26-17-14(18(23)31)6-25-30-10-16(27-19(17)30)13-5-24-28(2)8-13/h5-6,8,10,12,15,26H,3-4,7,9H2,1-2H3,(H2,23,31)/t12-,15-/m1/s1. The molecule has 11 heteroatoms. The van der Waals surface area contributed by atoms with Crippen LogP contribution in [-0.2, 0) is 11.8 Å². The topological polar surface area (TPSA) is 147 Å². The van der Waals surface area contributed by atoms with Crippen molar-refractivity contribution < 1.29 is 9.59 Å². The van der Waals surface area contributed by atoms with E-state index in [-0.39, 0.29) is 23.4 Å². The first kappa shape index (κ1) is 20.0. The SMILES string of the molecule is C[C@@H]1CN(C(=O)C2(C#N)CC2)C[C@H]1Nc1c(C(N)=O)cnn2cc(-c3cnn(C)c3)nc12. The Bertz CT molecular complexity index is 1280. The van der Waals surface area contributed by atoms with Gasteiger partial charge in [0.25, 0.3) is 5.91 Å². The van der Waals surface area contributed by atoms with Gasteiger partial charge in [0, 0.05) is 37.9 Å². The van der Waals surface area contributed by atoms with Crippen molar-refractivity contribution in [3.8, 4) is 17.3 Å². The number of aromatic nitrogens is 5. The fourth-order valence-electron chi connectivity index (χ4n) is 4.26. The van der Waals surface area contributed by atoms with Crippen LogP contribution in [0.4, 0.5) is 5.69 Å². The van der Waals surface area contributed by atoms with E-state index in [0.29, 0.717) is 43.0 Å². The normalized spacial score (nSPS) is 21.5. The van der Waals surface area contributed by atoms with Crippen LogP contribution in [0.3, 0.4) is 0 Å². The monoisotopic (exact) mass is 433 g/mol. The Kier molecular flexibility index (Phi) is 4.40. The number of hydrogen-bond acceptors (Lipinski definition) is 7. The fraction of sp³-hybridized carbons (Fsp3) is 0.429. The molecular formula is C21H23N9O2. The van der Waals surface area contributed by atoms with Crippen molar-refractivity contribution in [1.82, 2.24) is 29.3 Å². The summed E-state index contributed by atoms with van der Waals surface area (Å²) in [6, 6.07) is 2.05. The maximum Gasteiger partial charge on any atom is 0.252 e. The van der Waals surface area contributed by atoms with E-state index in [2.05, 4.69) is 26.6 Å². The maximum absolute atomic E-state index is 12.8. The lowest BCUT2D eigenvalue weighted by molar-refractivity contribution is -0.134. The Morgan fingerprint density at radius 3 is 2.66 bits per heavy atom. The smallest absolute Gasteiger partial charge is 0.252 e. The van der Waals surface area contributed by atoms with Gasteiger partial charge in [0.2, 0.25) is 5.91 Å². The number of carbonyl (C=O) groups excluding carboxylic acids is 2. The molecule has 164 valence electrons. The molecule has 2 amide bonds. The first-order chi connectivity index (χ1) is 15.3. The second-order valence-corrected chi connectivity index (χ2v) is 8.73. The molecule has 0 aromatic carbocycles. The van der Waals surface area contributed by atoms with Gasteiger partial charge in [-0.15, -0.1) is 0 Å². The minimum atomic E-state index is -0.849. The fourth-order valence-corrected chi connectivity index (χ4v) is 4.26. The van der Waals surface area contributed by atoms with Gasteiger partial charge in [-0.1, -0.05) is 6.92 Å². The molecule has 5 rings (SSSR count). The zero-order valence-corrected chi connectivity index (χ0v) is 17.8. The number of hydrogen-bond donors (Lipinski definition) is 2. The summed E-state index contributed by atoms with van der Waals surface area (Å²) in [6.45, 7) is 3.01. The highest BCUT2D eigenvalue weighted by atomic mass is 16.2. The Morgan fingerprint density at radius 1 is 1.25 bits per heavy atom. The van der Waals surface area contributed by atoms with Crippen molar-refractivity contribution in [2.24, 2.45) is 24.1 Å². The number of likely N-dealkylation sites (tertiary alicyclic amines) is 1. The summed E-state index contributed by atoms with van der Waals surface area (Å²) in [5, 5.41) is 21.3. The number of fused-ring (bicyclic) bond motifs is 1. The molecule has 4 heterocycles. The molecule has 0 bridgehead atoms. The summed E-state index contributed by atoms with van der Waals surface area (Å²) in [6.07, 6.45) is 7.97. The quantitative estimate of drug-likeness (QED) is 0.604. The van der Waals surface area contributed by atoms with Crippen LogP contribution < -0.4 is 11.1 Å². The highest BCUT2D eigenvalue weighted by Gasteiger charge is 2.54. The number of carbonyl (C=O) groups is 2. The molecule has 2 atom stereocenters. The van der Waals surface area contributed by atoms with Gasteiger partial charge < -0.3 is 16.0 Å². The molecule has 1 aliphatic carbocycles. The average Bonchev–Trinajstić information content (AvgIpc) is 3.05. The van der Waals surface area contributed by atoms with Crippen molar-refractivity contribution in [2.75, 3.05) is 18.4 Å². The van der Waals surface area contributed by atoms with Gasteiger partial charge in [0.1, 0.15) is 5.41 Å². The molecule has 3 aromatic heterocycles. The second kappa shape index (κ2) is 7.05. The molecule has 3 aromatic rings. The van der Waals surface area contributed by atoms with Crippen molar-refractivity contribution in [3.05, 3.63) is 30.4 Å². The van der Waals surface area contributed by atoms with Crippen LogP contribution in [0.5, 0.6) is 0 Å². The van der Waals surface area contributed by atoms with Gasteiger partial charge in [-0.3, -0.25) is 14.3 Å². The van der Waals surface area contributed by atoms with Gasteiger partial charge >= 0.3 is 0 Å². The van der Waals surface area contributed by atoms with Gasteiger partial charge in [0.15, 0.2) is 5.65 Å². The van der Waals surface area contributed by atoms with Crippen LogP contribution in [0.1, 0.15) is 30.1 Å². The molecule has 1 aliphatic heterocycles. The summed E-state index contributed by atoms with van der Waals surface area (Å²) < 4.78 is 3.27. The van der Waals surface area contributed by atoms with Crippen molar-refractivity contribution in [1.29, 1.82) is 5.26 Å². The van der Waals surface area contributed by atoms with E-state index in [1.165, 1.54) is 6.20 Å². The Labute approximate surface area is 183 Å². The van der Waals surface area contributed by atoms with Crippen molar-refractivity contribution >= 4 is 23.1 Å². The first-order valence-corrected chi connectivity index (χ1v) is 10.5. The molecule has 2 fully saturated rings. The predicted octanol–water partition coefficient (Wildman–Crippen LogP) is 0.791. The molecule has 1 saturated heterocycles. The van der Waals surface area contributed by atoms with E-state index in [1.807, 2.05) is 20.2 Å². The summed E-state index contributed by atoms with van der Waals surface area (Å²) in [5.74, 6) is -0.616. The van der Waals surface area contributed by atoms with Gasteiger partial charge in [0.05, 0.1) is 41.6 Å². The van der Waals surface area contributed by atoms with Crippen LogP contribution in [0.2, 0.25) is 0 Å². The van der Waals surface area contributed by atoms with E-state index < -0.39 is 11.3 Å². The number of nitrogens with zero attached hydrogens (tertiary/aromatic N) is 7. The average molecular weight is 433 g/mol. The summed E-state index contributed by atoms with van der Waals surface area (Å²) in [7, 11) is 1.82. The van der Waals surface area contributed by atoms with Crippen LogP contribution in [-0.4, -0.2) is 60.2 Å². The van der Waals surface area contributed by atoms with Crippen molar-refractivity contribution in [3.63, 3.8) is 0 Å². The molecule has 1 saturated carbocycles. The number of anilines is 1. The number of aryl methyl sites for hydroxylation is 1. The molecule has 32 heavy (non-hydrogen) atoms. The largest absolute Gasteiger partial charge is 0.376 e. The number of imidazole rings is 1. The van der Waals surface area contributed by atoms with Crippen LogP contribution in [0.15, 0.2) is 24.8 Å². The lowest BCUT2D eigenvalue weighted by Gasteiger charge is -2.21. The molecule has 2 aliphatic rings. The third-order valence-corrected chi connectivity index (χ3v) is 6.36. The van der Waals surface area contributed by atoms with Gasteiger partial charge in [-0.2, -0.15) is 15.5 Å². The molecule has 0 unspecified atom stereocenters. The second-order valence-electron chi connectivity index (χ2n) is 8.73. The summed E-state index contributed by atoms with van der Waals surface area (Å²) in [4.78, 5) is 31.4. The molecule has 3 N–H and O–H groups in total. The Morgan fingerprint density at radius 2 is 2.03 bits per heavy atom. The number of nitriles is 1. The molecule has 11 nitrogen and oxygen atoms in total. The molecule has 0 radical (unpaired) electrons. The first-order valence-electron chi connectivity index (χ1n) is 10.5. The number of amides is 2. The zero-order valence-electron chi connectivity index (χ0n) is 17.8. The van der Waals surface area contributed by atoms with E-state index in [4.69, 9.17) is 5.73 Å². The molecular weight excluding hydrogens is 410 g/mol. The highest BCUT2D eigenvalue weighted by Crippen LogP contribution is 2.47. The number of nitrogens with two attached hydrogens (primary N) is 1. The van der Waals surface area contributed by atoms with Gasteiger partial charge in [-0.25, -0.2) is 9.50 Å². The van der Waals surface area contributed by atoms with Crippen LogP contribution in [0.25, 0.3) is 16.9 Å². The van der Waals surface area contributed by atoms with E-state index in [9.17, 15) is 14.9 Å². The number of nitrogens with one attached hydrogen (secondary N) is 1. The highest BCUT2D eigenvalue weighted by molar-refractivity contribution is 6.01.